The Morgan fingerprint density at radius 2 is 1.93 bits per heavy atom. The molecule has 2 N–H and O–H groups in total. The number of aliphatic hydroxyl groups is 1. The first-order chi connectivity index (χ1) is 14.3. The molecule has 4 heterocycles. The summed E-state index contributed by atoms with van der Waals surface area (Å²) in [5.74, 6) is 0.933. The van der Waals surface area contributed by atoms with Gasteiger partial charge in [-0.3, -0.25) is 4.90 Å². The van der Waals surface area contributed by atoms with Gasteiger partial charge in [-0.1, -0.05) is 0 Å². The van der Waals surface area contributed by atoms with Gasteiger partial charge in [0.05, 0.1) is 6.26 Å². The van der Waals surface area contributed by atoms with Gasteiger partial charge in [-0.2, -0.15) is 4.31 Å². The molecule has 4 aliphatic rings. The number of aliphatic carboxylic acids is 1. The minimum atomic E-state index is -3.15. The molecule has 10 heteroatoms. The van der Waals surface area contributed by atoms with Crippen LogP contribution in [0.2, 0.25) is 0 Å². The summed E-state index contributed by atoms with van der Waals surface area (Å²) in [5.41, 5.74) is 2.62. The third-order valence-electron chi connectivity index (χ3n) is 6.47. The number of carbonyl (C=O) groups is 1. The van der Waals surface area contributed by atoms with Gasteiger partial charge in [0.25, 0.3) is 0 Å². The van der Waals surface area contributed by atoms with Crippen molar-refractivity contribution in [1.82, 2.24) is 9.21 Å². The summed E-state index contributed by atoms with van der Waals surface area (Å²) in [6.45, 7) is 2.22. The van der Waals surface area contributed by atoms with E-state index in [2.05, 4.69) is 17.0 Å². The number of hydrogen-bond acceptors (Lipinski definition) is 7. The lowest BCUT2D eigenvalue weighted by atomic mass is 9.77. The van der Waals surface area contributed by atoms with E-state index < -0.39 is 22.6 Å². The number of fused-ring (bicyclic) bond motifs is 5. The molecule has 0 bridgehead atoms. The zero-order chi connectivity index (χ0) is 21.5. The van der Waals surface area contributed by atoms with Crippen LogP contribution in [0.15, 0.2) is 12.1 Å². The van der Waals surface area contributed by atoms with Crippen LogP contribution in [-0.4, -0.2) is 79.1 Å². The zero-order valence-corrected chi connectivity index (χ0v) is 17.8. The largest absolute Gasteiger partial charge is 0.480 e. The number of aliphatic hydroxyl groups excluding tert-OH is 1. The van der Waals surface area contributed by atoms with Gasteiger partial charge in [-0.25, -0.2) is 13.2 Å². The number of benzene rings is 1. The van der Waals surface area contributed by atoms with Crippen molar-refractivity contribution in [2.24, 2.45) is 5.92 Å². The smallest absolute Gasteiger partial charge is 0.329 e. The average Bonchev–Trinajstić information content (AvgIpc) is 3.17. The Balaban J connectivity index is 0.000000393. The van der Waals surface area contributed by atoms with Gasteiger partial charge in [0.1, 0.15) is 6.61 Å². The quantitative estimate of drug-likeness (QED) is 0.694. The molecule has 0 amide bonds. The van der Waals surface area contributed by atoms with Crippen molar-refractivity contribution in [3.63, 3.8) is 0 Å². The maximum Gasteiger partial charge on any atom is 0.329 e. The Hall–Kier alpha value is -1.88. The molecule has 0 unspecified atom stereocenters. The van der Waals surface area contributed by atoms with Gasteiger partial charge in [-0.15, -0.1) is 0 Å². The first-order valence-electron chi connectivity index (χ1n) is 10.2. The molecule has 1 aromatic carbocycles. The maximum absolute atomic E-state index is 12.3. The van der Waals surface area contributed by atoms with Gasteiger partial charge in [0, 0.05) is 31.7 Å². The van der Waals surface area contributed by atoms with Crippen LogP contribution in [0.5, 0.6) is 11.5 Å². The van der Waals surface area contributed by atoms with Crippen LogP contribution >= 0.6 is 0 Å². The van der Waals surface area contributed by atoms with E-state index in [1.807, 2.05) is 0 Å². The third kappa shape index (κ3) is 4.14. The summed E-state index contributed by atoms with van der Waals surface area (Å²) in [7, 11) is -3.15. The van der Waals surface area contributed by atoms with E-state index in [-0.39, 0.29) is 12.1 Å². The Morgan fingerprint density at radius 1 is 1.23 bits per heavy atom. The monoisotopic (exact) mass is 440 g/mol. The summed E-state index contributed by atoms with van der Waals surface area (Å²) in [6, 6.07) is 4.65. The fourth-order valence-corrected chi connectivity index (χ4v) is 6.42. The Kier molecular flexibility index (Phi) is 5.93. The molecule has 166 valence electrons. The molecule has 4 aliphatic heterocycles. The van der Waals surface area contributed by atoms with Crippen molar-refractivity contribution in [3.8, 4) is 11.5 Å². The first kappa shape index (κ1) is 21.4. The van der Waals surface area contributed by atoms with Gasteiger partial charge in [0.15, 0.2) is 11.5 Å². The van der Waals surface area contributed by atoms with Crippen molar-refractivity contribution in [2.45, 2.75) is 37.8 Å². The van der Waals surface area contributed by atoms with Crippen LogP contribution in [0.3, 0.4) is 0 Å². The molecular formula is C20H28N2O7S. The van der Waals surface area contributed by atoms with Gasteiger partial charge >= 0.3 is 5.97 Å². The Bertz CT molecular complexity index is 920. The summed E-state index contributed by atoms with van der Waals surface area (Å²) in [4.78, 5) is 11.7. The topological polar surface area (TPSA) is 117 Å². The predicted molar refractivity (Wildman–Crippen MR) is 108 cm³/mol. The summed E-state index contributed by atoms with van der Waals surface area (Å²) >= 11 is 0. The average molecular weight is 441 g/mol. The van der Waals surface area contributed by atoms with Crippen molar-refractivity contribution >= 4 is 16.0 Å². The first-order valence-corrected chi connectivity index (χ1v) is 12.1. The highest BCUT2D eigenvalue weighted by atomic mass is 32.2. The van der Waals surface area contributed by atoms with E-state index in [1.54, 1.807) is 4.31 Å². The van der Waals surface area contributed by atoms with Crippen molar-refractivity contribution in [1.29, 1.82) is 0 Å². The van der Waals surface area contributed by atoms with Crippen LogP contribution in [0.1, 0.15) is 36.4 Å². The third-order valence-corrected chi connectivity index (χ3v) is 7.77. The molecular weight excluding hydrogens is 412 g/mol. The molecule has 2 saturated heterocycles. The van der Waals surface area contributed by atoms with E-state index in [0.29, 0.717) is 19.3 Å². The zero-order valence-electron chi connectivity index (χ0n) is 17.0. The molecule has 2 fully saturated rings. The number of rotatable bonds is 2. The molecule has 9 nitrogen and oxygen atoms in total. The second-order valence-electron chi connectivity index (χ2n) is 8.30. The Labute approximate surface area is 176 Å². The molecule has 0 spiro atoms. The lowest BCUT2D eigenvalue weighted by Gasteiger charge is -2.51. The summed E-state index contributed by atoms with van der Waals surface area (Å²) in [5, 5.41) is 15.0. The predicted octanol–water partition coefficient (Wildman–Crippen LogP) is 0.822. The van der Waals surface area contributed by atoms with E-state index in [0.717, 1.165) is 50.3 Å². The molecule has 0 aromatic heterocycles. The number of carboxylic acid groups (broad SMARTS) is 1. The Morgan fingerprint density at radius 3 is 2.60 bits per heavy atom. The highest BCUT2D eigenvalue weighted by Gasteiger charge is 2.45. The minimum Gasteiger partial charge on any atom is -0.480 e. The number of ether oxygens (including phenoxy) is 2. The lowest BCUT2D eigenvalue weighted by Crippen LogP contribution is -2.57. The van der Waals surface area contributed by atoms with Crippen molar-refractivity contribution in [3.05, 3.63) is 23.3 Å². The van der Waals surface area contributed by atoms with Gasteiger partial charge < -0.3 is 19.7 Å². The van der Waals surface area contributed by atoms with E-state index in [4.69, 9.17) is 24.5 Å². The highest BCUT2D eigenvalue weighted by molar-refractivity contribution is 7.88. The highest BCUT2D eigenvalue weighted by Crippen LogP contribution is 2.46. The second-order valence-corrected chi connectivity index (χ2v) is 10.2. The lowest BCUT2D eigenvalue weighted by molar-refractivity contribution is -0.140. The van der Waals surface area contributed by atoms with Crippen LogP contribution in [-0.2, 0) is 21.2 Å². The molecule has 5 rings (SSSR count). The standard InChI is InChI=1S/C18H24N2O4S.C2H4O3/c1-25(21,22)20-5-2-3-13-10-19-6-4-12-7-17-18(24-11-23-17)8-14(12)16(19)9-15(13)20;3-1-2(4)5/h7-8,13,15-16H,2-6,9-11H2,1H3;3H,1H2,(H,4,5)/t13-,15+,16+;/m1./s1. The van der Waals surface area contributed by atoms with E-state index in [1.165, 1.54) is 17.4 Å². The maximum atomic E-state index is 12.3. The van der Waals surface area contributed by atoms with Crippen LogP contribution in [0.25, 0.3) is 0 Å². The van der Waals surface area contributed by atoms with Crippen molar-refractivity contribution in [2.75, 3.05) is 39.3 Å². The van der Waals surface area contributed by atoms with Crippen LogP contribution < -0.4 is 9.47 Å². The number of piperidine rings is 2. The number of carboxylic acids is 1. The number of nitrogens with zero attached hydrogens (tertiary/aromatic N) is 2. The van der Waals surface area contributed by atoms with E-state index >= 15 is 0 Å². The minimum absolute atomic E-state index is 0.126. The molecule has 30 heavy (non-hydrogen) atoms. The van der Waals surface area contributed by atoms with Crippen LogP contribution in [0, 0.1) is 5.92 Å². The summed E-state index contributed by atoms with van der Waals surface area (Å²) < 4.78 is 37.4. The van der Waals surface area contributed by atoms with Crippen molar-refractivity contribution < 1.29 is 32.9 Å². The molecule has 0 saturated carbocycles. The van der Waals surface area contributed by atoms with E-state index in [9.17, 15) is 8.42 Å². The fraction of sp³-hybridized carbons (Fsp3) is 0.650. The normalized spacial score (nSPS) is 27.9. The summed E-state index contributed by atoms with van der Waals surface area (Å²) in [6.07, 6.45) is 5.37. The molecule has 1 aromatic rings. The molecule has 0 radical (unpaired) electrons. The SMILES string of the molecule is CS(=O)(=O)N1CCC[C@@H]2CN3CCc4cc5c(cc4[C@@H]3C[C@@H]21)OCO5.O=C(O)CO. The van der Waals surface area contributed by atoms with Crippen LogP contribution in [0.4, 0.5) is 0 Å². The van der Waals surface area contributed by atoms with Gasteiger partial charge in [0.2, 0.25) is 16.8 Å². The molecule has 3 atom stereocenters. The number of hydrogen-bond donors (Lipinski definition) is 2. The fourth-order valence-electron chi connectivity index (χ4n) is 5.21. The van der Waals surface area contributed by atoms with Gasteiger partial charge in [-0.05, 0) is 54.9 Å². The molecule has 0 aliphatic carbocycles. The second kappa shape index (κ2) is 8.33. The number of sulfonamides is 1.